The smallest absolute Gasteiger partial charge is 0.264 e. The summed E-state index contributed by atoms with van der Waals surface area (Å²) in [5.74, 6) is 1.69. The van der Waals surface area contributed by atoms with Crippen LogP contribution in [-0.2, 0) is 27.1 Å². The number of ether oxygens (including phenoxy) is 2. The lowest BCUT2D eigenvalue weighted by Gasteiger charge is -2.04. The molecule has 0 saturated heterocycles. The molecule has 0 bridgehead atoms. The van der Waals surface area contributed by atoms with Crippen molar-refractivity contribution < 1.29 is 27.2 Å². The van der Waals surface area contributed by atoms with Crippen molar-refractivity contribution >= 4 is 10.1 Å². The van der Waals surface area contributed by atoms with Crippen molar-refractivity contribution in [3.05, 3.63) is 59.7 Å². The van der Waals surface area contributed by atoms with Gasteiger partial charge in [0.25, 0.3) is 10.1 Å². The largest absolute Gasteiger partial charge is 0.497 e. The van der Waals surface area contributed by atoms with Crippen molar-refractivity contribution in [2.75, 3.05) is 33.7 Å². The van der Waals surface area contributed by atoms with Gasteiger partial charge >= 0.3 is 0 Å². The lowest BCUT2D eigenvalue weighted by molar-refractivity contribution is 0.288. The molecule has 2 aromatic rings. The highest BCUT2D eigenvalue weighted by Crippen LogP contribution is 2.14. The molecule has 0 aromatic heterocycles. The average molecular weight is 411 g/mol. The third-order valence-corrected chi connectivity index (χ3v) is 4.39. The SMILES string of the molecule is COc1cccc(CCCO)c1.COc1cccc(CCCOS(C)(=O)=O)c1. The molecule has 0 amide bonds. The monoisotopic (exact) mass is 410 g/mol. The van der Waals surface area contributed by atoms with E-state index in [-0.39, 0.29) is 13.2 Å². The zero-order valence-corrected chi connectivity index (χ0v) is 17.6. The maximum absolute atomic E-state index is 10.7. The van der Waals surface area contributed by atoms with Crippen molar-refractivity contribution in [1.82, 2.24) is 0 Å². The van der Waals surface area contributed by atoms with Gasteiger partial charge in [0, 0.05) is 6.61 Å². The molecule has 0 radical (unpaired) electrons. The van der Waals surface area contributed by atoms with Crippen molar-refractivity contribution in [1.29, 1.82) is 0 Å². The van der Waals surface area contributed by atoms with Crippen molar-refractivity contribution in [2.45, 2.75) is 25.7 Å². The van der Waals surface area contributed by atoms with E-state index >= 15 is 0 Å². The highest BCUT2D eigenvalue weighted by Gasteiger charge is 2.01. The molecule has 0 atom stereocenters. The van der Waals surface area contributed by atoms with Crippen molar-refractivity contribution in [3.63, 3.8) is 0 Å². The first-order valence-corrected chi connectivity index (χ1v) is 10.9. The second-order valence-corrected chi connectivity index (χ2v) is 7.80. The van der Waals surface area contributed by atoms with Crippen LogP contribution in [0.5, 0.6) is 11.5 Å². The number of hydrogen-bond donors (Lipinski definition) is 1. The predicted molar refractivity (Wildman–Crippen MR) is 111 cm³/mol. The molecule has 0 heterocycles. The van der Waals surface area contributed by atoms with Gasteiger partial charge in [-0.25, -0.2) is 0 Å². The Hall–Kier alpha value is -2.09. The third-order valence-electron chi connectivity index (χ3n) is 3.80. The summed E-state index contributed by atoms with van der Waals surface area (Å²) in [6, 6.07) is 15.6. The molecular weight excluding hydrogens is 380 g/mol. The molecule has 0 unspecified atom stereocenters. The molecule has 0 spiro atoms. The molecule has 0 saturated carbocycles. The van der Waals surface area contributed by atoms with E-state index < -0.39 is 10.1 Å². The van der Waals surface area contributed by atoms with Gasteiger partial charge in [-0.05, 0) is 61.1 Å². The molecule has 7 heteroatoms. The topological polar surface area (TPSA) is 82.1 Å². The Labute approximate surface area is 168 Å². The summed E-state index contributed by atoms with van der Waals surface area (Å²) in [6.45, 7) is 0.466. The van der Waals surface area contributed by atoms with Crippen LogP contribution >= 0.6 is 0 Å². The van der Waals surface area contributed by atoms with Gasteiger partial charge in [0.2, 0.25) is 0 Å². The van der Waals surface area contributed by atoms with Gasteiger partial charge in [-0.2, -0.15) is 8.42 Å². The van der Waals surface area contributed by atoms with Crippen LogP contribution in [0.25, 0.3) is 0 Å². The molecule has 0 fully saturated rings. The molecule has 1 N–H and O–H groups in total. The van der Waals surface area contributed by atoms with Gasteiger partial charge in [-0.1, -0.05) is 24.3 Å². The van der Waals surface area contributed by atoms with Crippen LogP contribution in [-0.4, -0.2) is 47.2 Å². The third kappa shape index (κ3) is 10.9. The number of methoxy groups -OCH3 is 2. The van der Waals surface area contributed by atoms with E-state index in [2.05, 4.69) is 4.18 Å². The highest BCUT2D eigenvalue weighted by atomic mass is 32.2. The summed E-state index contributed by atoms with van der Waals surface area (Å²) in [7, 11) is -0.0412. The standard InChI is InChI=1S/C11H16O4S.C10H14O2/c1-14-11-7-3-5-10(9-11)6-4-8-15-16(2,12)13;1-12-10-6-2-4-9(8-10)5-3-7-11/h3,5,7,9H,4,6,8H2,1-2H3;2,4,6,8,11H,3,5,7H2,1H3. The number of rotatable bonds is 10. The molecule has 28 heavy (non-hydrogen) atoms. The second-order valence-electron chi connectivity index (χ2n) is 6.16. The fourth-order valence-electron chi connectivity index (χ4n) is 2.43. The average Bonchev–Trinajstić information content (AvgIpc) is 2.70. The van der Waals surface area contributed by atoms with E-state index in [1.807, 2.05) is 48.5 Å². The van der Waals surface area contributed by atoms with E-state index in [1.54, 1.807) is 14.2 Å². The summed E-state index contributed by atoms with van der Waals surface area (Å²) >= 11 is 0. The number of aliphatic hydroxyl groups is 1. The van der Waals surface area contributed by atoms with Crippen LogP contribution in [0.1, 0.15) is 24.0 Å². The summed E-state index contributed by atoms with van der Waals surface area (Å²) in [4.78, 5) is 0. The normalized spacial score (nSPS) is 10.7. The van der Waals surface area contributed by atoms with Crippen LogP contribution in [0.2, 0.25) is 0 Å². The van der Waals surface area contributed by atoms with Crippen molar-refractivity contribution in [2.24, 2.45) is 0 Å². The first-order valence-electron chi connectivity index (χ1n) is 9.09. The minimum atomic E-state index is -3.32. The first kappa shape index (κ1) is 23.9. The van der Waals surface area contributed by atoms with Crippen LogP contribution in [0, 0.1) is 0 Å². The van der Waals surface area contributed by atoms with Crippen molar-refractivity contribution in [3.8, 4) is 11.5 Å². The molecule has 0 aliphatic heterocycles. The molecule has 2 aromatic carbocycles. The Balaban J connectivity index is 0.000000292. The van der Waals surface area contributed by atoms with E-state index in [4.69, 9.17) is 14.6 Å². The number of benzene rings is 2. The van der Waals surface area contributed by atoms with E-state index in [0.29, 0.717) is 6.42 Å². The Bertz CT molecular complexity index is 789. The minimum Gasteiger partial charge on any atom is -0.497 e. The number of aryl methyl sites for hydroxylation is 2. The van der Waals surface area contributed by atoms with E-state index in [9.17, 15) is 8.42 Å². The van der Waals surface area contributed by atoms with Crippen LogP contribution < -0.4 is 9.47 Å². The zero-order valence-electron chi connectivity index (χ0n) is 16.8. The Morgan fingerprint density at radius 3 is 1.79 bits per heavy atom. The number of aliphatic hydroxyl groups excluding tert-OH is 1. The van der Waals surface area contributed by atoms with E-state index in [1.165, 1.54) is 5.56 Å². The lowest BCUT2D eigenvalue weighted by Crippen LogP contribution is -2.04. The van der Waals surface area contributed by atoms with Crippen LogP contribution in [0.4, 0.5) is 0 Å². The lowest BCUT2D eigenvalue weighted by atomic mass is 10.1. The predicted octanol–water partition coefficient (Wildman–Crippen LogP) is 3.22. The minimum absolute atomic E-state index is 0.218. The molecule has 156 valence electrons. The van der Waals surface area contributed by atoms with Gasteiger partial charge in [-0.3, -0.25) is 4.18 Å². The molecule has 0 aliphatic carbocycles. The molecular formula is C21H30O6S. The summed E-state index contributed by atoms with van der Waals surface area (Å²) in [6.07, 6.45) is 4.21. The molecule has 6 nitrogen and oxygen atoms in total. The van der Waals surface area contributed by atoms with Crippen LogP contribution in [0.3, 0.4) is 0 Å². The molecule has 2 rings (SSSR count). The fraction of sp³-hybridized carbons (Fsp3) is 0.429. The van der Waals surface area contributed by atoms with Gasteiger partial charge in [0.05, 0.1) is 27.1 Å². The Morgan fingerprint density at radius 1 is 0.857 bits per heavy atom. The van der Waals surface area contributed by atoms with E-state index in [0.717, 1.165) is 42.6 Å². The zero-order chi connectivity index (χ0) is 20.8. The van der Waals surface area contributed by atoms with Gasteiger partial charge in [-0.15, -0.1) is 0 Å². The molecule has 0 aliphatic rings. The van der Waals surface area contributed by atoms with Gasteiger partial charge < -0.3 is 14.6 Å². The Morgan fingerprint density at radius 2 is 1.36 bits per heavy atom. The van der Waals surface area contributed by atoms with Crippen LogP contribution in [0.15, 0.2) is 48.5 Å². The van der Waals surface area contributed by atoms with Gasteiger partial charge in [0.15, 0.2) is 0 Å². The summed E-state index contributed by atoms with van der Waals surface area (Å²) in [5.41, 5.74) is 2.32. The number of hydrogen-bond acceptors (Lipinski definition) is 6. The summed E-state index contributed by atoms with van der Waals surface area (Å²) in [5, 5.41) is 8.62. The first-order chi connectivity index (χ1) is 13.4. The Kier molecular flexibility index (Phi) is 11.2. The maximum Gasteiger partial charge on any atom is 0.264 e. The second kappa shape index (κ2) is 13.1. The quantitative estimate of drug-likeness (QED) is 0.478. The highest BCUT2D eigenvalue weighted by molar-refractivity contribution is 7.85. The maximum atomic E-state index is 10.7. The summed E-state index contributed by atoms with van der Waals surface area (Å²) < 4.78 is 36.2. The fourth-order valence-corrected chi connectivity index (χ4v) is 2.85. The van der Waals surface area contributed by atoms with Gasteiger partial charge in [0.1, 0.15) is 11.5 Å².